The smallest absolute Gasteiger partial charge is 0.0714 e. The van der Waals surface area contributed by atoms with Crippen molar-refractivity contribution in [1.82, 2.24) is 4.57 Å². The van der Waals surface area contributed by atoms with Crippen molar-refractivity contribution in [3.63, 3.8) is 0 Å². The van der Waals surface area contributed by atoms with Gasteiger partial charge < -0.3 is 9.47 Å². The predicted molar refractivity (Wildman–Crippen MR) is 240 cm³/mol. The second-order valence-corrected chi connectivity index (χ2v) is 14.8. The Labute approximate surface area is 338 Å². The first-order chi connectivity index (χ1) is 28.9. The molecule has 1 aliphatic rings. The number of hydrogen-bond acceptors (Lipinski definition) is 1. The molecule has 2 heteroatoms. The lowest BCUT2D eigenvalue weighted by Gasteiger charge is -2.34. The molecule has 0 unspecified atom stereocenters. The first-order valence-electron chi connectivity index (χ1n) is 20.6. The van der Waals surface area contributed by atoms with Gasteiger partial charge >= 0.3 is 0 Å². The Hall–Kier alpha value is -7.16. The van der Waals surface area contributed by atoms with Crippen LogP contribution >= 0.6 is 0 Å². The van der Waals surface area contributed by atoms with Crippen molar-refractivity contribution in [2.45, 2.75) is 19.3 Å². The van der Waals surface area contributed by atoms with Crippen LogP contribution in [0, 0.1) is 13.8 Å². The Morgan fingerprint density at radius 1 is 0.474 bits per heavy atom. The van der Waals surface area contributed by atoms with E-state index in [2.05, 4.69) is 163 Å². The maximum absolute atomic E-state index is 9.57. The first kappa shape index (κ1) is 32.1. The van der Waals surface area contributed by atoms with Crippen LogP contribution in [0.5, 0.6) is 0 Å². The number of hydrogen-bond donors (Lipinski definition) is 0. The van der Waals surface area contributed by atoms with Crippen molar-refractivity contribution < 1.29 is 2.74 Å². The molecular formula is C55H42N2. The van der Waals surface area contributed by atoms with Crippen LogP contribution in [-0.2, 0) is 5.41 Å². The van der Waals surface area contributed by atoms with Crippen LogP contribution in [0.1, 0.15) is 47.4 Å². The average molecular weight is 733 g/mol. The molecule has 10 rings (SSSR count). The fourth-order valence-electron chi connectivity index (χ4n) is 8.98. The molecule has 0 amide bonds. The number of fused-ring (bicyclic) bond motifs is 4. The van der Waals surface area contributed by atoms with Gasteiger partial charge in [-0.15, -0.1) is 0 Å². The number of anilines is 3. The van der Waals surface area contributed by atoms with Crippen molar-refractivity contribution in [2.24, 2.45) is 0 Å². The van der Waals surface area contributed by atoms with Gasteiger partial charge in [0.25, 0.3) is 0 Å². The highest BCUT2D eigenvalue weighted by Gasteiger charge is 2.46. The van der Waals surface area contributed by atoms with E-state index in [9.17, 15) is 2.74 Å². The molecule has 8 aromatic carbocycles. The summed E-state index contributed by atoms with van der Waals surface area (Å²) >= 11 is 0. The van der Waals surface area contributed by atoms with Crippen LogP contribution in [0.15, 0.2) is 206 Å². The van der Waals surface area contributed by atoms with Crippen molar-refractivity contribution in [3.05, 3.63) is 251 Å². The van der Waals surface area contributed by atoms with Gasteiger partial charge in [-0.05, 0) is 131 Å². The molecule has 1 aliphatic carbocycles. The lowest BCUT2D eigenvalue weighted by Crippen LogP contribution is -2.28. The van der Waals surface area contributed by atoms with E-state index in [0.29, 0.717) is 11.1 Å². The van der Waals surface area contributed by atoms with E-state index in [-0.39, 0.29) is 12.1 Å². The topological polar surface area (TPSA) is 8.17 Å². The van der Waals surface area contributed by atoms with E-state index in [4.69, 9.17) is 0 Å². The van der Waals surface area contributed by atoms with Crippen LogP contribution in [0.3, 0.4) is 0 Å². The zero-order valence-electron chi connectivity index (χ0n) is 34.0. The number of aromatic nitrogens is 1. The SMILES string of the molecule is [2H]/C(=C(/[2H])c1ccc2c(c1)C(c1ccccc1)(c1ccccc1)c1cc3c(cc1-2)c(C)c(C)n3-c1ccccc1)c1ccc(N(c2ccccc2)c2ccccc2)cc1. The highest BCUT2D eigenvalue weighted by atomic mass is 15.1. The maximum atomic E-state index is 9.57. The van der Waals surface area contributed by atoms with Gasteiger partial charge in [0.1, 0.15) is 0 Å². The van der Waals surface area contributed by atoms with Crippen molar-refractivity contribution >= 4 is 40.1 Å². The standard InChI is InChI=1S/C55H42N2/c1-39-40(2)56(45-22-12-5-13-23-45)54-38-53-51(37-50(39)54)49-35-32-42(36-52(49)55(53,43-18-8-3-9-19-43)44-20-10-4-11-21-44)29-28-41-30-33-48(34-31-41)57(46-24-14-6-15-25-46)47-26-16-7-17-27-47/h3-38H,1-2H3/b29-28+/i28D,29D. The third-order valence-corrected chi connectivity index (χ3v) is 11.7. The van der Waals surface area contributed by atoms with E-state index >= 15 is 0 Å². The number of nitrogens with zero attached hydrogens (tertiary/aromatic N) is 2. The lowest BCUT2D eigenvalue weighted by molar-refractivity contribution is 0.768. The number of para-hydroxylation sites is 3. The average Bonchev–Trinajstić information content (AvgIpc) is 3.73. The van der Waals surface area contributed by atoms with E-state index < -0.39 is 5.41 Å². The molecule has 0 aliphatic heterocycles. The summed E-state index contributed by atoms with van der Waals surface area (Å²) in [6.07, 6.45) is 0. The summed E-state index contributed by atoms with van der Waals surface area (Å²) < 4.78 is 21.4. The molecule has 9 aromatic rings. The lowest BCUT2D eigenvalue weighted by atomic mass is 9.67. The summed E-state index contributed by atoms with van der Waals surface area (Å²) in [5.74, 6) is 0. The van der Waals surface area contributed by atoms with Crippen molar-refractivity contribution in [1.29, 1.82) is 0 Å². The largest absolute Gasteiger partial charge is 0.314 e. The molecule has 0 atom stereocenters. The van der Waals surface area contributed by atoms with Crippen LogP contribution in [0.4, 0.5) is 17.1 Å². The van der Waals surface area contributed by atoms with Gasteiger partial charge in [-0.3, -0.25) is 0 Å². The zero-order valence-corrected chi connectivity index (χ0v) is 32.0. The molecule has 0 spiro atoms. The molecule has 272 valence electrons. The van der Waals surface area contributed by atoms with Crippen molar-refractivity contribution in [3.8, 4) is 16.8 Å². The summed E-state index contributed by atoms with van der Waals surface area (Å²) in [6, 6.07) is 72.4. The first-order valence-corrected chi connectivity index (χ1v) is 19.6. The van der Waals surface area contributed by atoms with Crippen molar-refractivity contribution in [2.75, 3.05) is 4.90 Å². The van der Waals surface area contributed by atoms with E-state index in [1.807, 2.05) is 66.7 Å². The Morgan fingerprint density at radius 3 is 1.53 bits per heavy atom. The van der Waals surface area contributed by atoms with Crippen LogP contribution in [-0.4, -0.2) is 4.57 Å². The Bertz CT molecular complexity index is 2910. The second kappa shape index (κ2) is 14.2. The molecule has 2 nitrogen and oxygen atoms in total. The monoisotopic (exact) mass is 732 g/mol. The second-order valence-electron chi connectivity index (χ2n) is 14.8. The maximum Gasteiger partial charge on any atom is 0.0714 e. The van der Waals surface area contributed by atoms with Gasteiger partial charge in [0.05, 0.1) is 13.7 Å². The number of benzene rings is 8. The number of rotatable bonds is 8. The summed E-state index contributed by atoms with van der Waals surface area (Å²) in [6.45, 7) is 4.44. The van der Waals surface area contributed by atoms with Gasteiger partial charge in [-0.1, -0.05) is 152 Å². The quantitative estimate of drug-likeness (QED) is 0.141. The minimum atomic E-state index is -0.673. The van der Waals surface area contributed by atoms with Gasteiger partial charge in [0, 0.05) is 33.8 Å². The fraction of sp³-hybridized carbons (Fsp3) is 0.0545. The van der Waals surface area contributed by atoms with Gasteiger partial charge in [0.2, 0.25) is 0 Å². The molecule has 0 radical (unpaired) electrons. The Kier molecular flexibility index (Phi) is 7.98. The molecule has 1 heterocycles. The van der Waals surface area contributed by atoms with E-state index in [1.165, 1.54) is 33.3 Å². The highest BCUT2D eigenvalue weighted by Crippen LogP contribution is 2.57. The summed E-state index contributed by atoms with van der Waals surface area (Å²) in [5.41, 5.74) is 15.6. The normalized spacial score (nSPS) is 13.6. The van der Waals surface area contributed by atoms with Crippen LogP contribution in [0.25, 0.3) is 39.8 Å². The Balaban J connectivity index is 1.15. The molecule has 0 saturated carbocycles. The summed E-state index contributed by atoms with van der Waals surface area (Å²) in [4.78, 5) is 2.21. The summed E-state index contributed by atoms with van der Waals surface area (Å²) in [5, 5.41) is 1.23. The molecule has 0 N–H and O–H groups in total. The zero-order chi connectivity index (χ0) is 40.1. The van der Waals surface area contributed by atoms with Gasteiger partial charge in [-0.2, -0.15) is 0 Å². The van der Waals surface area contributed by atoms with Gasteiger partial charge in [0.15, 0.2) is 0 Å². The van der Waals surface area contributed by atoms with E-state index in [1.54, 1.807) is 0 Å². The minimum Gasteiger partial charge on any atom is -0.314 e. The molecule has 0 fully saturated rings. The third kappa shape index (κ3) is 5.72. The van der Waals surface area contributed by atoms with Crippen LogP contribution < -0.4 is 4.90 Å². The van der Waals surface area contributed by atoms with E-state index in [0.717, 1.165) is 45.0 Å². The molecule has 0 saturated heterocycles. The predicted octanol–water partition coefficient (Wildman–Crippen LogP) is 14.3. The van der Waals surface area contributed by atoms with Crippen LogP contribution in [0.2, 0.25) is 0 Å². The molecule has 57 heavy (non-hydrogen) atoms. The third-order valence-electron chi connectivity index (χ3n) is 11.7. The molecule has 0 bridgehead atoms. The molecular weight excluding hydrogens is 689 g/mol. The number of aryl methyl sites for hydroxylation is 1. The molecule has 1 aromatic heterocycles. The van der Waals surface area contributed by atoms with Gasteiger partial charge in [-0.25, -0.2) is 0 Å². The fourth-order valence-corrected chi connectivity index (χ4v) is 8.98. The summed E-state index contributed by atoms with van der Waals surface area (Å²) in [7, 11) is 0. The minimum absolute atomic E-state index is 0.178. The Morgan fingerprint density at radius 2 is 0.947 bits per heavy atom. The highest BCUT2D eigenvalue weighted by molar-refractivity contribution is 5.98.